The fourth-order valence-electron chi connectivity index (χ4n) is 6.85. The Bertz CT molecular complexity index is 1010. The molecule has 10 nitrogen and oxygen atoms in total. The van der Waals surface area contributed by atoms with Gasteiger partial charge in [-0.3, -0.25) is 19.2 Å². The number of fused-ring (bicyclic) bond motifs is 3. The Kier molecular flexibility index (Phi) is 7.18. The van der Waals surface area contributed by atoms with Crippen molar-refractivity contribution in [2.75, 3.05) is 6.61 Å². The van der Waals surface area contributed by atoms with Crippen molar-refractivity contribution in [3.05, 3.63) is 12.2 Å². The summed E-state index contributed by atoms with van der Waals surface area (Å²) in [6, 6.07) is 0. The third-order valence-electron chi connectivity index (χ3n) is 8.77. The van der Waals surface area contributed by atoms with E-state index >= 15 is 0 Å². The topological polar surface area (TPSA) is 138 Å². The highest BCUT2D eigenvalue weighted by Crippen LogP contribution is 2.62. The van der Waals surface area contributed by atoms with Gasteiger partial charge in [-0.05, 0) is 32.6 Å². The molecule has 10 atom stereocenters. The van der Waals surface area contributed by atoms with Crippen LogP contribution < -0.4 is 0 Å². The number of carbonyl (C=O) groups is 4. The van der Waals surface area contributed by atoms with Gasteiger partial charge in [0, 0.05) is 26.7 Å². The zero-order valence-corrected chi connectivity index (χ0v) is 22.5. The Balaban J connectivity index is 2.00. The highest BCUT2D eigenvalue weighted by molar-refractivity contribution is 6.23. The second kappa shape index (κ2) is 9.54. The Morgan fingerprint density at radius 2 is 1.59 bits per heavy atom. The highest BCUT2D eigenvalue weighted by atomic mass is 35.5. The van der Waals surface area contributed by atoms with Crippen LogP contribution in [-0.2, 0) is 42.9 Å². The molecule has 0 amide bonds. The van der Waals surface area contributed by atoms with Crippen LogP contribution in [-0.4, -0.2) is 76.6 Å². The SMILES string of the molecule is C=C1CC[C@H](OC(C)=O)[C@@]2(C)[C@@H](OC(C)=O)CCC3(CO3)[C@@H]2[C@H](OC(C)=O)[C@]2(O)[C@@H](C)C(=O)O[C@H]2[C@H]1Cl. The number of alkyl halides is 1. The number of ether oxygens (including phenoxy) is 5. The van der Waals surface area contributed by atoms with Crippen LogP contribution in [0.25, 0.3) is 0 Å². The summed E-state index contributed by atoms with van der Waals surface area (Å²) in [4.78, 5) is 50.0. The number of carbonyl (C=O) groups excluding carboxylic acids is 4. The van der Waals surface area contributed by atoms with Crippen LogP contribution in [0.15, 0.2) is 12.2 Å². The third kappa shape index (κ3) is 4.44. The predicted octanol–water partition coefficient (Wildman–Crippen LogP) is 2.22. The lowest BCUT2D eigenvalue weighted by Crippen LogP contribution is -2.70. The molecule has 2 aliphatic heterocycles. The number of halogens is 1. The van der Waals surface area contributed by atoms with Crippen LogP contribution in [0.2, 0.25) is 0 Å². The highest BCUT2D eigenvalue weighted by Gasteiger charge is 2.75. The van der Waals surface area contributed by atoms with Gasteiger partial charge in [0.25, 0.3) is 0 Å². The molecule has 4 rings (SSSR count). The van der Waals surface area contributed by atoms with Gasteiger partial charge in [0.15, 0.2) is 11.7 Å². The van der Waals surface area contributed by atoms with Gasteiger partial charge in [0.1, 0.15) is 18.3 Å². The minimum atomic E-state index is -2.08. The minimum Gasteiger partial charge on any atom is -0.462 e. The standard InChI is InChI=1S/C26H35ClO10/c1-12-7-8-17(34-14(3)28)24(6)18(35-15(4)29)9-10-25(11-33-25)20(24)22(36-16(5)30)26(32)13(2)23(31)37-21(26)19(12)27/h13,17-22,32H,1,7-11H2,2-6H3/t13-,17-,18-,19-,20+,21-,22-,24-,25?,26-/m0/s1. The number of hydrogen-bond donors (Lipinski definition) is 1. The van der Waals surface area contributed by atoms with E-state index in [1.54, 1.807) is 6.92 Å². The monoisotopic (exact) mass is 542 g/mol. The Hall–Kier alpha value is -2.17. The largest absolute Gasteiger partial charge is 0.462 e. The second-order valence-corrected chi connectivity index (χ2v) is 11.5. The molecule has 4 aliphatic rings. The molecule has 0 aromatic heterocycles. The fourth-order valence-corrected chi connectivity index (χ4v) is 7.22. The van der Waals surface area contributed by atoms with Gasteiger partial charge >= 0.3 is 23.9 Å². The van der Waals surface area contributed by atoms with Gasteiger partial charge < -0.3 is 28.8 Å². The first-order valence-corrected chi connectivity index (χ1v) is 13.0. The first-order chi connectivity index (χ1) is 17.2. The smallest absolute Gasteiger partial charge is 0.312 e. The molecule has 206 valence electrons. The van der Waals surface area contributed by atoms with E-state index in [-0.39, 0.29) is 19.4 Å². The van der Waals surface area contributed by atoms with Crippen LogP contribution in [0.4, 0.5) is 0 Å². The Morgan fingerprint density at radius 1 is 1.05 bits per heavy atom. The average molecular weight is 543 g/mol. The summed E-state index contributed by atoms with van der Waals surface area (Å²) < 4.78 is 29.2. The van der Waals surface area contributed by atoms with E-state index in [0.717, 1.165) is 0 Å². The number of rotatable bonds is 3. The molecule has 1 spiro atoms. The van der Waals surface area contributed by atoms with Crippen molar-refractivity contribution in [2.45, 2.75) is 101 Å². The summed E-state index contributed by atoms with van der Waals surface area (Å²) in [5, 5.41) is 11.4. The summed E-state index contributed by atoms with van der Waals surface area (Å²) in [5.41, 5.74) is -3.71. The van der Waals surface area contributed by atoms with E-state index in [2.05, 4.69) is 6.58 Å². The van der Waals surface area contributed by atoms with Gasteiger partial charge in [-0.2, -0.15) is 0 Å². The van der Waals surface area contributed by atoms with Gasteiger partial charge in [0.05, 0.1) is 28.9 Å². The molecule has 0 radical (unpaired) electrons. The summed E-state index contributed by atoms with van der Waals surface area (Å²) in [6.07, 6.45) is -2.94. The quantitative estimate of drug-likeness (QED) is 0.186. The van der Waals surface area contributed by atoms with Crippen LogP contribution in [0, 0.1) is 17.3 Å². The van der Waals surface area contributed by atoms with Crippen LogP contribution in [0.5, 0.6) is 0 Å². The zero-order valence-electron chi connectivity index (χ0n) is 21.8. The van der Waals surface area contributed by atoms with E-state index in [0.29, 0.717) is 18.4 Å². The Labute approximate surface area is 220 Å². The number of esters is 4. The molecule has 0 aromatic rings. The lowest BCUT2D eigenvalue weighted by molar-refractivity contribution is -0.244. The summed E-state index contributed by atoms with van der Waals surface area (Å²) in [6.45, 7) is 11.4. The number of epoxide rings is 1. The maximum Gasteiger partial charge on any atom is 0.312 e. The molecule has 0 bridgehead atoms. The molecule has 1 N–H and O–H groups in total. The molecular weight excluding hydrogens is 508 g/mol. The lowest BCUT2D eigenvalue weighted by atomic mass is 9.52. The zero-order chi connectivity index (χ0) is 27.5. The number of aliphatic hydroxyl groups is 1. The first-order valence-electron chi connectivity index (χ1n) is 12.6. The molecule has 0 aromatic carbocycles. The van der Waals surface area contributed by atoms with Gasteiger partial charge in [-0.25, -0.2) is 0 Å². The summed E-state index contributed by atoms with van der Waals surface area (Å²) in [5.74, 6) is -4.47. The summed E-state index contributed by atoms with van der Waals surface area (Å²) in [7, 11) is 0. The van der Waals surface area contributed by atoms with Crippen LogP contribution >= 0.6 is 11.6 Å². The normalized spacial score (nSPS) is 45.2. The molecule has 2 heterocycles. The van der Waals surface area contributed by atoms with E-state index in [1.807, 2.05) is 0 Å². The van der Waals surface area contributed by atoms with E-state index < -0.39 is 82.1 Å². The predicted molar refractivity (Wildman–Crippen MR) is 128 cm³/mol. The van der Waals surface area contributed by atoms with Crippen molar-refractivity contribution in [2.24, 2.45) is 17.3 Å². The van der Waals surface area contributed by atoms with Crippen molar-refractivity contribution in [1.82, 2.24) is 0 Å². The van der Waals surface area contributed by atoms with Crippen molar-refractivity contribution in [3.8, 4) is 0 Å². The first kappa shape index (κ1) is 27.9. The number of hydrogen-bond acceptors (Lipinski definition) is 10. The van der Waals surface area contributed by atoms with Crippen molar-refractivity contribution < 1.29 is 48.0 Å². The van der Waals surface area contributed by atoms with Crippen LogP contribution in [0.1, 0.15) is 60.3 Å². The maximum absolute atomic E-state index is 12.9. The summed E-state index contributed by atoms with van der Waals surface area (Å²) >= 11 is 6.75. The van der Waals surface area contributed by atoms with Crippen molar-refractivity contribution in [1.29, 1.82) is 0 Å². The average Bonchev–Trinajstić information content (AvgIpc) is 3.53. The van der Waals surface area contributed by atoms with E-state index in [1.165, 1.54) is 27.7 Å². The molecule has 1 unspecified atom stereocenters. The molecule has 2 saturated heterocycles. The molecule has 11 heteroatoms. The molecule has 37 heavy (non-hydrogen) atoms. The maximum atomic E-state index is 12.9. The molecular formula is C26H35ClO10. The minimum absolute atomic E-state index is 0.254. The van der Waals surface area contributed by atoms with Gasteiger partial charge in [0.2, 0.25) is 0 Å². The molecule has 2 aliphatic carbocycles. The lowest BCUT2D eigenvalue weighted by Gasteiger charge is -2.57. The van der Waals surface area contributed by atoms with Crippen molar-refractivity contribution in [3.63, 3.8) is 0 Å². The van der Waals surface area contributed by atoms with E-state index in [4.69, 9.17) is 35.3 Å². The van der Waals surface area contributed by atoms with Gasteiger partial charge in [-0.1, -0.05) is 19.1 Å². The Morgan fingerprint density at radius 3 is 2.11 bits per heavy atom. The van der Waals surface area contributed by atoms with Crippen LogP contribution in [0.3, 0.4) is 0 Å². The van der Waals surface area contributed by atoms with Crippen molar-refractivity contribution >= 4 is 35.5 Å². The van der Waals surface area contributed by atoms with E-state index in [9.17, 15) is 24.3 Å². The molecule has 2 saturated carbocycles. The second-order valence-electron chi connectivity index (χ2n) is 11.0. The molecule has 4 fully saturated rings. The van der Waals surface area contributed by atoms with Gasteiger partial charge in [-0.15, -0.1) is 11.6 Å². The fraction of sp³-hybridized carbons (Fsp3) is 0.769. The third-order valence-corrected chi connectivity index (χ3v) is 9.30.